The Hall–Kier alpha value is -2.05. The number of aromatic amines is 1. The Labute approximate surface area is 139 Å². The van der Waals surface area contributed by atoms with Crippen LogP contribution in [0.15, 0.2) is 24.5 Å². The van der Waals surface area contributed by atoms with Crippen LogP contribution >= 0.6 is 11.6 Å². The topological polar surface area (TPSA) is 78.5 Å². The maximum atomic E-state index is 10.8. The molecule has 0 saturated heterocycles. The quantitative estimate of drug-likeness (QED) is 0.877. The van der Waals surface area contributed by atoms with Gasteiger partial charge in [-0.2, -0.15) is 0 Å². The van der Waals surface area contributed by atoms with Gasteiger partial charge >= 0.3 is 5.97 Å². The van der Waals surface area contributed by atoms with Gasteiger partial charge in [0, 0.05) is 26.1 Å². The lowest BCUT2D eigenvalue weighted by Crippen LogP contribution is -2.30. The predicted molar refractivity (Wildman–Crippen MR) is 85.6 cm³/mol. The molecule has 0 aliphatic carbocycles. The number of ether oxygens (including phenoxy) is 1. The molecule has 0 saturated carbocycles. The third kappa shape index (κ3) is 3.65. The molecule has 1 aliphatic heterocycles. The number of nitrogens with one attached hydrogen (secondary N) is 1. The number of rotatable bonds is 5. The Bertz CT molecular complexity index is 716. The Morgan fingerprint density at radius 2 is 2.39 bits per heavy atom. The van der Waals surface area contributed by atoms with Crippen molar-refractivity contribution < 1.29 is 14.6 Å². The lowest BCUT2D eigenvalue weighted by molar-refractivity contribution is -0.144. The van der Waals surface area contributed by atoms with Crippen LogP contribution in [0.3, 0.4) is 0 Å². The molecule has 1 atom stereocenters. The van der Waals surface area contributed by atoms with Gasteiger partial charge in [0.25, 0.3) is 0 Å². The lowest BCUT2D eigenvalue weighted by atomic mass is 10.1. The van der Waals surface area contributed by atoms with E-state index in [1.807, 2.05) is 12.1 Å². The summed E-state index contributed by atoms with van der Waals surface area (Å²) in [6, 6.07) is 5.47. The van der Waals surface area contributed by atoms with E-state index in [1.54, 1.807) is 12.4 Å². The molecule has 2 heterocycles. The molecule has 6 nitrogen and oxygen atoms in total. The van der Waals surface area contributed by atoms with E-state index in [9.17, 15) is 4.79 Å². The fraction of sp³-hybridized carbons (Fsp3) is 0.375. The van der Waals surface area contributed by atoms with Gasteiger partial charge in [-0.3, -0.25) is 4.90 Å². The van der Waals surface area contributed by atoms with Gasteiger partial charge in [-0.1, -0.05) is 17.7 Å². The van der Waals surface area contributed by atoms with Crippen molar-refractivity contribution in [2.75, 3.05) is 6.54 Å². The van der Waals surface area contributed by atoms with Crippen molar-refractivity contribution >= 4 is 17.6 Å². The Morgan fingerprint density at radius 1 is 1.57 bits per heavy atom. The monoisotopic (exact) mass is 335 g/mol. The number of halogens is 1. The van der Waals surface area contributed by atoms with E-state index in [-0.39, 0.29) is 0 Å². The van der Waals surface area contributed by atoms with Crippen LogP contribution < -0.4 is 4.74 Å². The molecule has 1 aliphatic rings. The summed E-state index contributed by atoms with van der Waals surface area (Å²) >= 11 is 6.21. The van der Waals surface area contributed by atoms with E-state index >= 15 is 0 Å². The summed E-state index contributed by atoms with van der Waals surface area (Å²) in [4.78, 5) is 20.6. The minimum absolute atomic E-state index is 0.389. The van der Waals surface area contributed by atoms with Crippen LogP contribution in [0.1, 0.15) is 23.9 Å². The van der Waals surface area contributed by atoms with Gasteiger partial charge in [0.1, 0.15) is 5.75 Å². The fourth-order valence-electron chi connectivity index (χ4n) is 2.64. The Balaban J connectivity index is 1.65. The van der Waals surface area contributed by atoms with Crippen molar-refractivity contribution in [3.05, 3.63) is 46.5 Å². The van der Waals surface area contributed by atoms with Crippen LogP contribution in [0.5, 0.6) is 5.75 Å². The largest absolute Gasteiger partial charge is 0.479 e. The standard InChI is InChI=1S/C16H18ClN3O3/c1-10(16(21)22)23-15-3-2-11(6-12(15)17)7-20-5-4-13-14(8-20)19-9-18-13/h2-3,6,9-10H,4-5,7-8H2,1H3,(H,18,19)(H,21,22)/t10-/m0/s1. The average Bonchev–Trinajstić information content (AvgIpc) is 2.97. The molecule has 0 amide bonds. The van der Waals surface area contributed by atoms with E-state index in [2.05, 4.69) is 14.9 Å². The van der Waals surface area contributed by atoms with Crippen molar-refractivity contribution in [1.29, 1.82) is 0 Å². The molecule has 0 radical (unpaired) electrons. The summed E-state index contributed by atoms with van der Waals surface area (Å²) in [5, 5.41) is 9.31. The van der Waals surface area contributed by atoms with Gasteiger partial charge in [-0.25, -0.2) is 9.78 Å². The molecule has 0 spiro atoms. The first kappa shape index (κ1) is 15.8. The fourth-order valence-corrected chi connectivity index (χ4v) is 2.89. The second kappa shape index (κ2) is 6.60. The van der Waals surface area contributed by atoms with Gasteiger partial charge in [0.15, 0.2) is 6.10 Å². The molecule has 3 rings (SSSR count). The summed E-state index contributed by atoms with van der Waals surface area (Å²) < 4.78 is 5.33. The zero-order valence-corrected chi connectivity index (χ0v) is 13.5. The highest BCUT2D eigenvalue weighted by atomic mass is 35.5. The summed E-state index contributed by atoms with van der Waals surface area (Å²) in [7, 11) is 0. The zero-order chi connectivity index (χ0) is 16.4. The molecule has 0 unspecified atom stereocenters. The molecular formula is C16H18ClN3O3. The summed E-state index contributed by atoms with van der Waals surface area (Å²) in [6.07, 6.45) is 1.74. The highest BCUT2D eigenvalue weighted by Crippen LogP contribution is 2.27. The smallest absolute Gasteiger partial charge is 0.344 e. The number of carboxylic acids is 1. The van der Waals surface area contributed by atoms with Gasteiger partial charge in [-0.05, 0) is 24.6 Å². The molecule has 0 fully saturated rings. The van der Waals surface area contributed by atoms with Gasteiger partial charge in [0.2, 0.25) is 0 Å². The highest BCUT2D eigenvalue weighted by Gasteiger charge is 2.19. The minimum Gasteiger partial charge on any atom is -0.479 e. The SMILES string of the molecule is C[C@H](Oc1ccc(CN2CCc3nc[nH]c3C2)cc1Cl)C(=O)O. The first-order chi connectivity index (χ1) is 11.0. The molecule has 7 heteroatoms. The van der Waals surface area contributed by atoms with Crippen LogP contribution in [0, 0.1) is 0 Å². The first-order valence-electron chi connectivity index (χ1n) is 7.44. The van der Waals surface area contributed by atoms with Crippen molar-refractivity contribution in [2.24, 2.45) is 0 Å². The summed E-state index contributed by atoms with van der Waals surface area (Å²) in [5.74, 6) is -0.631. The van der Waals surface area contributed by atoms with Crippen LogP contribution in [-0.4, -0.2) is 38.6 Å². The zero-order valence-electron chi connectivity index (χ0n) is 12.8. The molecule has 2 aromatic rings. The summed E-state index contributed by atoms with van der Waals surface area (Å²) in [5.41, 5.74) is 3.37. The van der Waals surface area contributed by atoms with E-state index in [0.29, 0.717) is 10.8 Å². The lowest BCUT2D eigenvalue weighted by Gasteiger charge is -2.26. The number of carbonyl (C=O) groups is 1. The van der Waals surface area contributed by atoms with Crippen LogP contribution in [0.4, 0.5) is 0 Å². The molecule has 2 N–H and O–H groups in total. The molecule has 23 heavy (non-hydrogen) atoms. The van der Waals surface area contributed by atoms with Crippen molar-refractivity contribution in [3.8, 4) is 5.75 Å². The first-order valence-corrected chi connectivity index (χ1v) is 7.82. The van der Waals surface area contributed by atoms with Gasteiger partial charge < -0.3 is 14.8 Å². The molecule has 1 aromatic carbocycles. The number of fused-ring (bicyclic) bond motifs is 1. The number of nitrogens with zero attached hydrogens (tertiary/aromatic N) is 2. The number of imidazole rings is 1. The molecule has 0 bridgehead atoms. The maximum absolute atomic E-state index is 10.8. The number of hydrogen-bond donors (Lipinski definition) is 2. The van der Waals surface area contributed by atoms with Crippen LogP contribution in [0.25, 0.3) is 0 Å². The second-order valence-corrected chi connectivity index (χ2v) is 6.06. The molecule has 1 aromatic heterocycles. The Kier molecular flexibility index (Phi) is 4.54. The molecular weight excluding hydrogens is 318 g/mol. The number of benzene rings is 1. The third-order valence-electron chi connectivity index (χ3n) is 3.91. The van der Waals surface area contributed by atoms with Crippen LogP contribution in [-0.2, 0) is 24.3 Å². The van der Waals surface area contributed by atoms with E-state index < -0.39 is 12.1 Å². The van der Waals surface area contributed by atoms with Crippen LogP contribution in [0.2, 0.25) is 5.02 Å². The maximum Gasteiger partial charge on any atom is 0.344 e. The van der Waals surface area contributed by atoms with Crippen molar-refractivity contribution in [3.63, 3.8) is 0 Å². The minimum atomic E-state index is -1.02. The van der Waals surface area contributed by atoms with Gasteiger partial charge in [-0.15, -0.1) is 0 Å². The third-order valence-corrected chi connectivity index (χ3v) is 4.20. The highest BCUT2D eigenvalue weighted by molar-refractivity contribution is 6.32. The number of aromatic nitrogens is 2. The Morgan fingerprint density at radius 3 is 3.13 bits per heavy atom. The average molecular weight is 336 g/mol. The summed E-state index contributed by atoms with van der Waals surface area (Å²) in [6.45, 7) is 4.03. The van der Waals surface area contributed by atoms with Gasteiger partial charge in [0.05, 0.1) is 22.7 Å². The van der Waals surface area contributed by atoms with E-state index in [1.165, 1.54) is 6.92 Å². The van der Waals surface area contributed by atoms with Crippen molar-refractivity contribution in [1.82, 2.24) is 14.9 Å². The van der Waals surface area contributed by atoms with Crippen molar-refractivity contribution in [2.45, 2.75) is 32.5 Å². The number of aliphatic carboxylic acids is 1. The number of H-pyrrole nitrogens is 1. The normalized spacial score (nSPS) is 15.9. The number of hydrogen-bond acceptors (Lipinski definition) is 4. The molecule has 122 valence electrons. The predicted octanol–water partition coefficient (Wildman–Crippen LogP) is 2.47. The van der Waals surface area contributed by atoms with E-state index in [4.69, 9.17) is 21.4 Å². The second-order valence-electron chi connectivity index (χ2n) is 5.65. The number of carboxylic acid groups (broad SMARTS) is 1. The van der Waals surface area contributed by atoms with E-state index in [0.717, 1.165) is 43.0 Å².